The third kappa shape index (κ3) is 5.88. The number of furan rings is 1. The third-order valence-electron chi connectivity index (χ3n) is 12.5. The van der Waals surface area contributed by atoms with Crippen LogP contribution in [0.1, 0.15) is 0 Å². The van der Waals surface area contributed by atoms with Gasteiger partial charge in [0, 0.05) is 33.0 Å². The zero-order valence-corrected chi connectivity index (χ0v) is 33.9. The summed E-state index contributed by atoms with van der Waals surface area (Å²) in [5, 5.41) is 9.60. The summed E-state index contributed by atoms with van der Waals surface area (Å²) in [5.74, 6) is 0. The van der Waals surface area contributed by atoms with Gasteiger partial charge in [0.1, 0.15) is 11.2 Å². The smallest absolute Gasteiger partial charge is 0.143 e. The highest BCUT2D eigenvalue weighted by atomic mass is 16.3. The Hall–Kier alpha value is -8.20. The Morgan fingerprint density at radius 1 is 0.290 bits per heavy atom. The molecular formula is C60H39NO. The summed E-state index contributed by atoms with van der Waals surface area (Å²) in [4.78, 5) is 2.43. The first-order valence-electron chi connectivity index (χ1n) is 21.3. The van der Waals surface area contributed by atoms with Crippen LogP contribution in [0.4, 0.5) is 17.1 Å². The Morgan fingerprint density at radius 2 is 0.823 bits per heavy atom. The predicted molar refractivity (Wildman–Crippen MR) is 263 cm³/mol. The Balaban J connectivity index is 1.08. The molecule has 0 amide bonds. The van der Waals surface area contributed by atoms with E-state index < -0.39 is 0 Å². The number of rotatable bonds is 7. The topological polar surface area (TPSA) is 16.4 Å². The van der Waals surface area contributed by atoms with Crippen molar-refractivity contribution in [1.29, 1.82) is 0 Å². The van der Waals surface area contributed by atoms with Crippen molar-refractivity contribution in [3.8, 4) is 44.5 Å². The normalized spacial score (nSPS) is 11.5. The fourth-order valence-electron chi connectivity index (χ4n) is 9.66. The first-order chi connectivity index (χ1) is 30.8. The minimum atomic E-state index is 0.902. The number of anilines is 3. The maximum absolute atomic E-state index is 6.48. The van der Waals surface area contributed by atoms with Crippen LogP contribution in [0.5, 0.6) is 0 Å². The largest absolute Gasteiger partial charge is 0.455 e. The predicted octanol–water partition coefficient (Wildman–Crippen LogP) is 17.2. The second-order valence-electron chi connectivity index (χ2n) is 16.0. The molecule has 2 heteroatoms. The van der Waals surface area contributed by atoms with Crippen LogP contribution in [0.2, 0.25) is 0 Å². The highest BCUT2D eigenvalue weighted by Gasteiger charge is 2.22. The zero-order chi connectivity index (χ0) is 41.0. The second-order valence-corrected chi connectivity index (χ2v) is 16.0. The van der Waals surface area contributed by atoms with E-state index in [-0.39, 0.29) is 0 Å². The monoisotopic (exact) mass is 789 g/mol. The second kappa shape index (κ2) is 14.8. The van der Waals surface area contributed by atoms with Gasteiger partial charge in [0.15, 0.2) is 0 Å². The standard InChI is InChI=1S/C60H39NO/c1-3-18-42(19-4-1)58-52-27-10-9-25-49(52)50-38-35-44(39-54(50)59(58)43-20-5-2-6-21-43)47-24-11-13-30-55(47)61(56-31-15-22-40-17-7-8-23-46(40)56)45-36-33-41(34-37-45)48-28-16-29-53-51-26-12-14-32-57(51)62-60(48)53/h1-39H. The van der Waals surface area contributed by atoms with E-state index in [1.807, 2.05) is 12.1 Å². The van der Waals surface area contributed by atoms with Gasteiger partial charge in [-0.25, -0.2) is 0 Å². The lowest BCUT2D eigenvalue weighted by Crippen LogP contribution is -2.11. The van der Waals surface area contributed by atoms with Gasteiger partial charge < -0.3 is 9.32 Å². The highest BCUT2D eigenvalue weighted by Crippen LogP contribution is 2.48. The van der Waals surface area contributed by atoms with E-state index in [4.69, 9.17) is 4.42 Å². The van der Waals surface area contributed by atoms with Crippen LogP contribution >= 0.6 is 0 Å². The van der Waals surface area contributed by atoms with Crippen molar-refractivity contribution >= 4 is 71.3 Å². The van der Waals surface area contributed by atoms with E-state index in [0.29, 0.717) is 0 Å². The molecule has 0 aliphatic heterocycles. The average molecular weight is 790 g/mol. The van der Waals surface area contributed by atoms with Gasteiger partial charge in [-0.15, -0.1) is 0 Å². The summed E-state index contributed by atoms with van der Waals surface area (Å²) < 4.78 is 6.48. The van der Waals surface area contributed by atoms with E-state index in [2.05, 4.69) is 229 Å². The molecule has 0 saturated carbocycles. The Bertz CT molecular complexity index is 3620. The van der Waals surface area contributed by atoms with Crippen LogP contribution in [0.3, 0.4) is 0 Å². The molecule has 12 aromatic rings. The van der Waals surface area contributed by atoms with Gasteiger partial charge in [0.2, 0.25) is 0 Å². The number of hydrogen-bond acceptors (Lipinski definition) is 2. The van der Waals surface area contributed by atoms with Crippen molar-refractivity contribution in [1.82, 2.24) is 0 Å². The zero-order valence-electron chi connectivity index (χ0n) is 33.9. The Morgan fingerprint density at radius 3 is 1.61 bits per heavy atom. The molecule has 0 bridgehead atoms. The molecule has 0 fully saturated rings. The molecule has 0 spiro atoms. The maximum Gasteiger partial charge on any atom is 0.143 e. The summed E-state index contributed by atoms with van der Waals surface area (Å²) >= 11 is 0. The summed E-state index contributed by atoms with van der Waals surface area (Å²) in [6.07, 6.45) is 0. The number of fused-ring (bicyclic) bond motifs is 7. The molecular weight excluding hydrogens is 751 g/mol. The molecule has 1 heterocycles. The first kappa shape index (κ1) is 35.7. The van der Waals surface area contributed by atoms with Crippen LogP contribution in [0.25, 0.3) is 98.8 Å². The van der Waals surface area contributed by atoms with E-state index in [1.54, 1.807) is 0 Å². The molecule has 290 valence electrons. The number of nitrogens with zero attached hydrogens (tertiary/aromatic N) is 1. The maximum atomic E-state index is 6.48. The quantitative estimate of drug-likeness (QED) is 0.150. The van der Waals surface area contributed by atoms with Crippen LogP contribution in [-0.4, -0.2) is 0 Å². The van der Waals surface area contributed by atoms with Gasteiger partial charge in [-0.1, -0.05) is 200 Å². The van der Waals surface area contributed by atoms with Gasteiger partial charge in [-0.3, -0.25) is 0 Å². The van der Waals surface area contributed by atoms with Gasteiger partial charge >= 0.3 is 0 Å². The van der Waals surface area contributed by atoms with Crippen LogP contribution < -0.4 is 4.90 Å². The van der Waals surface area contributed by atoms with Crippen molar-refractivity contribution in [3.05, 3.63) is 237 Å². The molecule has 62 heavy (non-hydrogen) atoms. The van der Waals surface area contributed by atoms with E-state index in [0.717, 1.165) is 61.3 Å². The molecule has 0 N–H and O–H groups in total. The highest BCUT2D eigenvalue weighted by molar-refractivity contribution is 6.22. The fraction of sp³-hybridized carbons (Fsp3) is 0. The summed E-state index contributed by atoms with van der Waals surface area (Å²) in [7, 11) is 0. The molecule has 0 aliphatic carbocycles. The summed E-state index contributed by atoms with van der Waals surface area (Å²) in [6, 6.07) is 85.5. The van der Waals surface area contributed by atoms with Gasteiger partial charge in [0.05, 0.1) is 11.4 Å². The molecule has 0 unspecified atom stereocenters. The van der Waals surface area contributed by atoms with Crippen LogP contribution in [0.15, 0.2) is 241 Å². The van der Waals surface area contributed by atoms with Gasteiger partial charge in [0.25, 0.3) is 0 Å². The van der Waals surface area contributed by atoms with Crippen molar-refractivity contribution in [2.24, 2.45) is 0 Å². The minimum Gasteiger partial charge on any atom is -0.455 e. The Labute approximate surface area is 360 Å². The lowest BCUT2D eigenvalue weighted by atomic mass is 9.84. The van der Waals surface area contributed by atoms with E-state index in [1.165, 1.54) is 54.6 Å². The van der Waals surface area contributed by atoms with Crippen molar-refractivity contribution in [3.63, 3.8) is 0 Å². The molecule has 1 aromatic heterocycles. The van der Waals surface area contributed by atoms with Crippen molar-refractivity contribution < 1.29 is 4.42 Å². The first-order valence-corrected chi connectivity index (χ1v) is 21.3. The number of benzene rings is 11. The number of hydrogen-bond donors (Lipinski definition) is 0. The molecule has 0 radical (unpaired) electrons. The summed E-state index contributed by atoms with van der Waals surface area (Å²) in [5.41, 5.74) is 14.5. The molecule has 0 atom stereocenters. The van der Waals surface area contributed by atoms with Crippen LogP contribution in [-0.2, 0) is 0 Å². The third-order valence-corrected chi connectivity index (χ3v) is 12.5. The Kier molecular flexibility index (Phi) is 8.53. The number of para-hydroxylation sites is 3. The van der Waals surface area contributed by atoms with E-state index in [9.17, 15) is 0 Å². The summed E-state index contributed by atoms with van der Waals surface area (Å²) in [6.45, 7) is 0. The molecule has 0 saturated heterocycles. The van der Waals surface area contributed by atoms with Gasteiger partial charge in [-0.05, 0) is 96.7 Å². The van der Waals surface area contributed by atoms with E-state index >= 15 is 0 Å². The van der Waals surface area contributed by atoms with Crippen molar-refractivity contribution in [2.75, 3.05) is 4.90 Å². The lowest BCUT2D eigenvalue weighted by molar-refractivity contribution is 0.670. The minimum absolute atomic E-state index is 0.902. The lowest BCUT2D eigenvalue weighted by Gasteiger charge is -2.29. The fourth-order valence-corrected chi connectivity index (χ4v) is 9.66. The van der Waals surface area contributed by atoms with Gasteiger partial charge in [-0.2, -0.15) is 0 Å². The van der Waals surface area contributed by atoms with Crippen molar-refractivity contribution in [2.45, 2.75) is 0 Å². The molecule has 11 aromatic carbocycles. The molecule has 12 rings (SSSR count). The molecule has 2 nitrogen and oxygen atoms in total. The average Bonchev–Trinajstić information content (AvgIpc) is 3.74. The SMILES string of the molecule is c1ccc(-c2c(-c3ccccc3)c3cc(-c4ccccc4N(c4ccc(-c5cccc6c5oc5ccccc56)cc4)c4cccc5ccccc45)ccc3c3ccccc23)cc1. The van der Waals surface area contributed by atoms with Crippen LogP contribution in [0, 0.1) is 0 Å². The molecule has 0 aliphatic rings.